The highest BCUT2D eigenvalue weighted by molar-refractivity contribution is 5.95. The number of hydrogen-bond acceptors (Lipinski definition) is 2. The van der Waals surface area contributed by atoms with E-state index in [1.54, 1.807) is 0 Å². The standard InChI is InChI=1S/C17H22N2O2/c1-12-7-9-14(10-8-12)19-15(20)11-18-17(21)16(19)13-5-3-2-4-6-13/h2-6,12,14,16H,7-11H2,1H3,(H,18,21). The molecular weight excluding hydrogens is 264 g/mol. The molecule has 1 aliphatic carbocycles. The fourth-order valence-electron chi connectivity index (χ4n) is 3.50. The van der Waals surface area contributed by atoms with Gasteiger partial charge in [0.1, 0.15) is 6.04 Å². The lowest BCUT2D eigenvalue weighted by Gasteiger charge is -2.43. The summed E-state index contributed by atoms with van der Waals surface area (Å²) >= 11 is 0. The highest BCUT2D eigenvalue weighted by atomic mass is 16.2. The summed E-state index contributed by atoms with van der Waals surface area (Å²) in [6, 6.07) is 9.36. The molecule has 21 heavy (non-hydrogen) atoms. The first-order valence-corrected chi connectivity index (χ1v) is 7.80. The molecule has 0 bridgehead atoms. The number of amides is 2. The average molecular weight is 286 g/mol. The van der Waals surface area contributed by atoms with E-state index in [4.69, 9.17) is 0 Å². The minimum Gasteiger partial charge on any atom is -0.345 e. The van der Waals surface area contributed by atoms with Gasteiger partial charge in [-0.1, -0.05) is 37.3 Å². The van der Waals surface area contributed by atoms with Crippen LogP contribution in [0.3, 0.4) is 0 Å². The van der Waals surface area contributed by atoms with Gasteiger partial charge >= 0.3 is 0 Å². The summed E-state index contributed by atoms with van der Waals surface area (Å²) in [5.74, 6) is 0.715. The number of hydrogen-bond donors (Lipinski definition) is 1. The van der Waals surface area contributed by atoms with E-state index in [0.29, 0.717) is 0 Å². The number of benzene rings is 1. The van der Waals surface area contributed by atoms with Crippen molar-refractivity contribution in [1.82, 2.24) is 10.2 Å². The topological polar surface area (TPSA) is 49.4 Å². The zero-order chi connectivity index (χ0) is 14.8. The van der Waals surface area contributed by atoms with Crippen molar-refractivity contribution in [3.8, 4) is 0 Å². The highest BCUT2D eigenvalue weighted by Gasteiger charge is 2.40. The maximum absolute atomic E-state index is 12.4. The van der Waals surface area contributed by atoms with Crippen LogP contribution in [0.1, 0.15) is 44.2 Å². The van der Waals surface area contributed by atoms with E-state index in [0.717, 1.165) is 37.2 Å². The maximum Gasteiger partial charge on any atom is 0.247 e. The summed E-state index contributed by atoms with van der Waals surface area (Å²) in [5.41, 5.74) is 0.904. The lowest BCUT2D eigenvalue weighted by Crippen LogP contribution is -2.57. The van der Waals surface area contributed by atoms with Gasteiger partial charge in [-0.05, 0) is 37.2 Å². The normalized spacial score (nSPS) is 30.1. The Kier molecular flexibility index (Phi) is 3.95. The Morgan fingerprint density at radius 1 is 1.05 bits per heavy atom. The Morgan fingerprint density at radius 3 is 2.38 bits per heavy atom. The molecule has 0 aromatic heterocycles. The van der Waals surface area contributed by atoms with Crippen LogP contribution in [0.5, 0.6) is 0 Å². The third-order valence-electron chi connectivity index (χ3n) is 4.72. The third-order valence-corrected chi connectivity index (χ3v) is 4.72. The zero-order valence-electron chi connectivity index (χ0n) is 12.4. The Balaban J connectivity index is 1.89. The van der Waals surface area contributed by atoms with Crippen LogP contribution in [0.4, 0.5) is 0 Å². The molecular formula is C17H22N2O2. The van der Waals surface area contributed by atoms with Crippen molar-refractivity contribution in [3.63, 3.8) is 0 Å². The highest BCUT2D eigenvalue weighted by Crippen LogP contribution is 2.34. The van der Waals surface area contributed by atoms with Gasteiger partial charge in [0.15, 0.2) is 0 Å². The summed E-state index contributed by atoms with van der Waals surface area (Å²) in [6.07, 6.45) is 4.28. The Bertz CT molecular complexity index is 521. The lowest BCUT2D eigenvalue weighted by atomic mass is 9.85. The molecule has 1 aromatic rings. The fourth-order valence-corrected chi connectivity index (χ4v) is 3.50. The molecule has 1 aliphatic heterocycles. The first kappa shape index (κ1) is 14.1. The minimum absolute atomic E-state index is 0.0445. The lowest BCUT2D eigenvalue weighted by molar-refractivity contribution is -0.149. The van der Waals surface area contributed by atoms with Crippen LogP contribution < -0.4 is 5.32 Å². The molecule has 1 saturated carbocycles. The third kappa shape index (κ3) is 2.80. The Morgan fingerprint density at radius 2 is 1.71 bits per heavy atom. The van der Waals surface area contributed by atoms with Gasteiger partial charge in [0, 0.05) is 6.04 Å². The van der Waals surface area contributed by atoms with Crippen LogP contribution in [0.25, 0.3) is 0 Å². The van der Waals surface area contributed by atoms with E-state index < -0.39 is 6.04 Å². The monoisotopic (exact) mass is 286 g/mol. The van der Waals surface area contributed by atoms with Gasteiger partial charge in [-0.15, -0.1) is 0 Å². The molecule has 3 rings (SSSR count). The molecule has 1 saturated heterocycles. The van der Waals surface area contributed by atoms with Crippen LogP contribution >= 0.6 is 0 Å². The number of nitrogens with zero attached hydrogens (tertiary/aromatic N) is 1. The molecule has 2 amide bonds. The number of rotatable bonds is 2. The molecule has 2 fully saturated rings. The number of carbonyl (C=O) groups excluding carboxylic acids is 2. The number of piperazine rings is 1. The molecule has 1 N–H and O–H groups in total. The van der Waals surface area contributed by atoms with Crippen LogP contribution in [0, 0.1) is 5.92 Å². The Hall–Kier alpha value is -1.84. The van der Waals surface area contributed by atoms with E-state index in [2.05, 4.69) is 12.2 Å². The van der Waals surface area contributed by atoms with E-state index in [9.17, 15) is 9.59 Å². The molecule has 2 aliphatic rings. The van der Waals surface area contributed by atoms with Crippen molar-refractivity contribution in [1.29, 1.82) is 0 Å². The van der Waals surface area contributed by atoms with E-state index in [1.807, 2.05) is 35.2 Å². The SMILES string of the molecule is CC1CCC(N2C(=O)CNC(=O)C2c2ccccc2)CC1. The van der Waals surface area contributed by atoms with Crippen molar-refractivity contribution >= 4 is 11.8 Å². The number of nitrogens with one attached hydrogen (secondary N) is 1. The average Bonchev–Trinajstić information content (AvgIpc) is 2.51. The first-order chi connectivity index (χ1) is 10.2. The first-order valence-electron chi connectivity index (χ1n) is 7.80. The second-order valence-electron chi connectivity index (χ2n) is 6.25. The quantitative estimate of drug-likeness (QED) is 0.906. The molecule has 112 valence electrons. The number of carbonyl (C=O) groups is 2. The van der Waals surface area contributed by atoms with Crippen molar-refractivity contribution < 1.29 is 9.59 Å². The van der Waals surface area contributed by atoms with E-state index in [1.165, 1.54) is 0 Å². The van der Waals surface area contributed by atoms with Gasteiger partial charge in [0.05, 0.1) is 6.54 Å². The van der Waals surface area contributed by atoms with Crippen molar-refractivity contribution in [2.45, 2.75) is 44.7 Å². The second kappa shape index (κ2) is 5.88. The summed E-state index contributed by atoms with van der Waals surface area (Å²) in [6.45, 7) is 2.39. The summed E-state index contributed by atoms with van der Waals surface area (Å²) in [4.78, 5) is 26.6. The van der Waals surface area contributed by atoms with E-state index >= 15 is 0 Å². The van der Waals surface area contributed by atoms with Gasteiger partial charge in [-0.2, -0.15) is 0 Å². The van der Waals surface area contributed by atoms with Gasteiger partial charge in [0.2, 0.25) is 11.8 Å². The summed E-state index contributed by atoms with van der Waals surface area (Å²) in [5, 5.41) is 2.73. The molecule has 0 spiro atoms. The van der Waals surface area contributed by atoms with Crippen molar-refractivity contribution in [3.05, 3.63) is 35.9 Å². The molecule has 1 aromatic carbocycles. The van der Waals surface area contributed by atoms with Gasteiger partial charge in [-0.25, -0.2) is 0 Å². The zero-order valence-corrected chi connectivity index (χ0v) is 12.4. The fraction of sp³-hybridized carbons (Fsp3) is 0.529. The smallest absolute Gasteiger partial charge is 0.247 e. The maximum atomic E-state index is 12.4. The van der Waals surface area contributed by atoms with Gasteiger partial charge in [0.25, 0.3) is 0 Å². The van der Waals surface area contributed by atoms with Gasteiger partial charge < -0.3 is 10.2 Å². The van der Waals surface area contributed by atoms with Crippen LogP contribution in [-0.2, 0) is 9.59 Å². The predicted octanol–water partition coefficient (Wildman–Crippen LogP) is 2.26. The molecule has 4 nitrogen and oxygen atoms in total. The van der Waals surface area contributed by atoms with Crippen LogP contribution in [0.15, 0.2) is 30.3 Å². The summed E-state index contributed by atoms with van der Waals surface area (Å²) in [7, 11) is 0. The van der Waals surface area contributed by atoms with Crippen molar-refractivity contribution in [2.24, 2.45) is 5.92 Å². The summed E-state index contributed by atoms with van der Waals surface area (Å²) < 4.78 is 0. The molecule has 1 atom stereocenters. The van der Waals surface area contributed by atoms with Gasteiger partial charge in [-0.3, -0.25) is 9.59 Å². The molecule has 4 heteroatoms. The van der Waals surface area contributed by atoms with E-state index in [-0.39, 0.29) is 24.4 Å². The molecule has 1 unspecified atom stereocenters. The predicted molar refractivity (Wildman–Crippen MR) is 80.5 cm³/mol. The van der Waals surface area contributed by atoms with Crippen LogP contribution in [0.2, 0.25) is 0 Å². The van der Waals surface area contributed by atoms with Crippen molar-refractivity contribution in [2.75, 3.05) is 6.54 Å². The molecule has 0 radical (unpaired) electrons. The van der Waals surface area contributed by atoms with Crippen LogP contribution in [-0.4, -0.2) is 29.3 Å². The second-order valence-corrected chi connectivity index (χ2v) is 6.25. The minimum atomic E-state index is -0.467. The molecule has 1 heterocycles. The largest absolute Gasteiger partial charge is 0.345 e. The Labute approximate surface area is 125 Å².